The second-order valence-corrected chi connectivity index (χ2v) is 9.42. The van der Waals surface area contributed by atoms with Gasteiger partial charge in [0.2, 0.25) is 11.8 Å². The highest BCUT2D eigenvalue weighted by molar-refractivity contribution is 5.76. The summed E-state index contributed by atoms with van der Waals surface area (Å²) in [5, 5.41) is 0. The predicted octanol–water partition coefficient (Wildman–Crippen LogP) is 3.72. The molecule has 0 fully saturated rings. The first-order chi connectivity index (χ1) is 17.2. The van der Waals surface area contributed by atoms with Crippen LogP contribution in [0.25, 0.3) is 0 Å². The van der Waals surface area contributed by atoms with Crippen LogP contribution >= 0.6 is 0 Å². The summed E-state index contributed by atoms with van der Waals surface area (Å²) in [6.45, 7) is 4.83. The molecule has 0 spiro atoms. The van der Waals surface area contributed by atoms with Gasteiger partial charge in [-0.05, 0) is 25.0 Å². The Morgan fingerprint density at radius 3 is 1.43 bits per heavy atom. The molecule has 0 saturated heterocycles. The molecule has 0 saturated carbocycles. The Labute approximate surface area is 210 Å². The van der Waals surface area contributed by atoms with Gasteiger partial charge < -0.3 is 24.0 Å². The topological polar surface area (TPSA) is 81.2 Å². The first kappa shape index (κ1) is 27.6. The van der Waals surface area contributed by atoms with Crippen molar-refractivity contribution in [2.24, 2.45) is 0 Å². The number of hydrogen-bond acceptors (Lipinski definition) is 6. The molecule has 0 N–H and O–H groups in total. The van der Waals surface area contributed by atoms with Gasteiger partial charge in [0.1, 0.15) is 0 Å². The molecular formula is C27H43N3O5. The van der Waals surface area contributed by atoms with Crippen LogP contribution in [0.5, 0.6) is 0 Å². The zero-order chi connectivity index (χ0) is 24.6. The average Bonchev–Trinajstić information content (AvgIpc) is 2.85. The van der Waals surface area contributed by atoms with Crippen LogP contribution in [-0.2, 0) is 36.9 Å². The number of carbonyl (C=O) groups is 2. The molecule has 3 heterocycles. The number of aromatic nitrogens is 1. The average molecular weight is 490 g/mol. The molecule has 0 atom stereocenters. The van der Waals surface area contributed by atoms with E-state index >= 15 is 0 Å². The Morgan fingerprint density at radius 1 is 0.571 bits per heavy atom. The first-order valence-electron chi connectivity index (χ1n) is 13.5. The highest BCUT2D eigenvalue weighted by atomic mass is 16.5. The Morgan fingerprint density at radius 2 is 0.971 bits per heavy atom. The van der Waals surface area contributed by atoms with Gasteiger partial charge in [0, 0.05) is 25.9 Å². The van der Waals surface area contributed by atoms with Crippen molar-refractivity contribution in [3.05, 3.63) is 29.6 Å². The molecule has 1 aromatic heterocycles. The lowest BCUT2D eigenvalue weighted by molar-refractivity contribution is -0.133. The molecule has 0 unspecified atom stereocenters. The predicted molar refractivity (Wildman–Crippen MR) is 134 cm³/mol. The number of ether oxygens (including phenoxy) is 3. The fourth-order valence-corrected chi connectivity index (χ4v) is 4.50. The van der Waals surface area contributed by atoms with Crippen LogP contribution in [-0.4, -0.2) is 79.3 Å². The van der Waals surface area contributed by atoms with Crippen LogP contribution < -0.4 is 0 Å². The van der Waals surface area contributed by atoms with Gasteiger partial charge in [0.25, 0.3) is 0 Å². The molecule has 2 aliphatic heterocycles. The van der Waals surface area contributed by atoms with E-state index in [9.17, 15) is 9.59 Å². The van der Waals surface area contributed by atoms with Crippen molar-refractivity contribution in [1.82, 2.24) is 14.8 Å². The van der Waals surface area contributed by atoms with Crippen LogP contribution in [0.4, 0.5) is 0 Å². The Balaban J connectivity index is 1.78. The van der Waals surface area contributed by atoms with Crippen molar-refractivity contribution in [3.8, 4) is 0 Å². The number of carbonyl (C=O) groups excluding carboxylic acids is 2. The number of pyridine rings is 1. The van der Waals surface area contributed by atoms with Crippen LogP contribution in [0, 0.1) is 0 Å². The highest BCUT2D eigenvalue weighted by Gasteiger charge is 2.18. The molecule has 0 aliphatic carbocycles. The summed E-state index contributed by atoms with van der Waals surface area (Å²) in [4.78, 5) is 34.6. The minimum Gasteiger partial charge on any atom is -0.377 e. The standard InChI is InChI=1S/C27H43N3O5/c31-26-12-7-5-3-1-2-4-6-8-13-27(32)30-15-17-34-19-21-35-20-18-33-16-14-29(26)22-24-10-9-11-25(23-30)28-24/h9-11H,1-8,12-23H2. The van der Waals surface area contributed by atoms with Crippen LogP contribution in [0.2, 0.25) is 0 Å². The highest BCUT2D eigenvalue weighted by Crippen LogP contribution is 2.15. The molecule has 0 aromatic carbocycles. The maximum absolute atomic E-state index is 13.1. The molecular weight excluding hydrogens is 446 g/mol. The lowest BCUT2D eigenvalue weighted by Crippen LogP contribution is -2.35. The molecule has 1 aromatic rings. The van der Waals surface area contributed by atoms with Gasteiger partial charge in [-0.15, -0.1) is 0 Å². The number of amides is 2. The molecule has 35 heavy (non-hydrogen) atoms. The summed E-state index contributed by atoms with van der Waals surface area (Å²) >= 11 is 0. The smallest absolute Gasteiger partial charge is 0.222 e. The van der Waals surface area contributed by atoms with Gasteiger partial charge in [0.05, 0.1) is 64.1 Å². The molecule has 3 rings (SSSR count). The van der Waals surface area contributed by atoms with Crippen LogP contribution in [0.15, 0.2) is 18.2 Å². The van der Waals surface area contributed by atoms with Gasteiger partial charge in [-0.3, -0.25) is 14.6 Å². The monoisotopic (exact) mass is 489 g/mol. The fourth-order valence-electron chi connectivity index (χ4n) is 4.50. The maximum Gasteiger partial charge on any atom is 0.222 e. The van der Waals surface area contributed by atoms with E-state index in [-0.39, 0.29) is 11.8 Å². The zero-order valence-corrected chi connectivity index (χ0v) is 21.3. The largest absolute Gasteiger partial charge is 0.377 e. The van der Waals surface area contributed by atoms with E-state index in [1.54, 1.807) is 0 Å². The summed E-state index contributed by atoms with van der Waals surface area (Å²) in [5.74, 6) is 0.302. The lowest BCUT2D eigenvalue weighted by atomic mass is 10.1. The third kappa shape index (κ3) is 11.1. The minimum absolute atomic E-state index is 0.151. The van der Waals surface area contributed by atoms with Crippen molar-refractivity contribution >= 4 is 11.8 Å². The van der Waals surface area contributed by atoms with E-state index < -0.39 is 0 Å². The van der Waals surface area contributed by atoms with Gasteiger partial charge in [0.15, 0.2) is 0 Å². The third-order valence-corrected chi connectivity index (χ3v) is 6.56. The summed E-state index contributed by atoms with van der Waals surface area (Å²) in [7, 11) is 0. The SMILES string of the molecule is O=C1CCCCCCCCCCC(=O)N2CCOCCOCCOCCN1Cc1cccc(n1)C2. The molecule has 8 nitrogen and oxygen atoms in total. The number of fused-ring (bicyclic) bond motifs is 2. The summed E-state index contributed by atoms with van der Waals surface area (Å²) in [6, 6.07) is 5.87. The van der Waals surface area contributed by atoms with Crippen LogP contribution in [0.1, 0.15) is 75.6 Å². The Kier molecular flexibility index (Phi) is 13.1. The van der Waals surface area contributed by atoms with Crippen molar-refractivity contribution in [2.45, 2.75) is 77.3 Å². The molecule has 2 amide bonds. The number of nitrogens with zero attached hydrogens (tertiary/aromatic N) is 3. The van der Waals surface area contributed by atoms with E-state index in [1.165, 1.54) is 12.8 Å². The normalized spacial score (nSPS) is 21.9. The molecule has 2 aliphatic rings. The van der Waals surface area contributed by atoms with Crippen molar-refractivity contribution in [3.63, 3.8) is 0 Å². The van der Waals surface area contributed by atoms with E-state index in [0.29, 0.717) is 78.7 Å². The summed E-state index contributed by atoms with van der Waals surface area (Å²) in [5.41, 5.74) is 1.67. The quantitative estimate of drug-likeness (QED) is 0.553. The summed E-state index contributed by atoms with van der Waals surface area (Å²) < 4.78 is 17.0. The molecule has 4 bridgehead atoms. The molecule has 8 heteroatoms. The van der Waals surface area contributed by atoms with Crippen LogP contribution in [0.3, 0.4) is 0 Å². The second-order valence-electron chi connectivity index (χ2n) is 9.42. The zero-order valence-electron chi connectivity index (χ0n) is 21.3. The third-order valence-electron chi connectivity index (χ3n) is 6.56. The fraction of sp³-hybridized carbons (Fsp3) is 0.741. The Hall–Kier alpha value is -2.03. The molecule has 196 valence electrons. The number of hydrogen-bond donors (Lipinski definition) is 0. The minimum atomic E-state index is 0.151. The van der Waals surface area contributed by atoms with Gasteiger partial charge >= 0.3 is 0 Å². The van der Waals surface area contributed by atoms with E-state index in [0.717, 1.165) is 49.9 Å². The lowest BCUT2D eigenvalue weighted by Gasteiger charge is -2.25. The number of rotatable bonds is 0. The van der Waals surface area contributed by atoms with E-state index in [4.69, 9.17) is 19.2 Å². The first-order valence-corrected chi connectivity index (χ1v) is 13.5. The molecule has 0 radical (unpaired) electrons. The van der Waals surface area contributed by atoms with Gasteiger partial charge in [-0.2, -0.15) is 0 Å². The van der Waals surface area contributed by atoms with E-state index in [2.05, 4.69) is 0 Å². The Bertz CT molecular complexity index is 703. The maximum atomic E-state index is 13.1. The van der Waals surface area contributed by atoms with Crippen molar-refractivity contribution < 1.29 is 23.8 Å². The van der Waals surface area contributed by atoms with Crippen molar-refractivity contribution in [2.75, 3.05) is 52.7 Å². The van der Waals surface area contributed by atoms with Gasteiger partial charge in [-0.25, -0.2) is 0 Å². The summed E-state index contributed by atoms with van der Waals surface area (Å²) in [6.07, 6.45) is 9.83. The second kappa shape index (κ2) is 16.6. The van der Waals surface area contributed by atoms with E-state index in [1.807, 2.05) is 28.0 Å². The van der Waals surface area contributed by atoms with Crippen molar-refractivity contribution in [1.29, 1.82) is 0 Å². The van der Waals surface area contributed by atoms with Gasteiger partial charge in [-0.1, -0.05) is 44.6 Å².